The van der Waals surface area contributed by atoms with E-state index in [-0.39, 0.29) is 11.6 Å². The molecule has 3 rings (SSSR count). The van der Waals surface area contributed by atoms with Crippen LogP contribution in [0.3, 0.4) is 0 Å². The van der Waals surface area contributed by atoms with Crippen LogP contribution < -0.4 is 10.1 Å². The van der Waals surface area contributed by atoms with E-state index in [9.17, 15) is 8.78 Å². The highest BCUT2D eigenvalue weighted by Gasteiger charge is 2.10. The maximum absolute atomic E-state index is 13.7. The first-order chi connectivity index (χ1) is 11.2. The fourth-order valence-electron chi connectivity index (χ4n) is 1.89. The molecule has 7 heteroatoms. The third-order valence-corrected chi connectivity index (χ3v) is 2.97. The predicted molar refractivity (Wildman–Crippen MR) is 80.0 cm³/mol. The number of ether oxygens (including phenoxy) is 1. The number of halogens is 2. The molecule has 5 nitrogen and oxygen atoms in total. The first kappa shape index (κ1) is 14.8. The van der Waals surface area contributed by atoms with Crippen molar-refractivity contribution >= 4 is 5.82 Å². The lowest BCUT2D eigenvalue weighted by atomic mass is 10.2. The van der Waals surface area contributed by atoms with E-state index >= 15 is 0 Å². The maximum atomic E-state index is 13.7. The van der Waals surface area contributed by atoms with Crippen LogP contribution in [0, 0.1) is 11.6 Å². The average Bonchev–Trinajstić information content (AvgIpc) is 2.57. The third-order valence-electron chi connectivity index (χ3n) is 2.97. The summed E-state index contributed by atoms with van der Waals surface area (Å²) in [4.78, 5) is 12.1. The van der Waals surface area contributed by atoms with E-state index in [1.54, 1.807) is 30.7 Å². The Kier molecular flexibility index (Phi) is 4.37. The minimum absolute atomic E-state index is 0.0918. The summed E-state index contributed by atoms with van der Waals surface area (Å²) in [6.45, 7) is 0.366. The second-order valence-electron chi connectivity index (χ2n) is 4.59. The zero-order valence-electron chi connectivity index (χ0n) is 11.9. The Morgan fingerprint density at radius 3 is 2.74 bits per heavy atom. The van der Waals surface area contributed by atoms with Crippen molar-refractivity contribution in [3.05, 3.63) is 72.3 Å². The molecule has 23 heavy (non-hydrogen) atoms. The van der Waals surface area contributed by atoms with Crippen molar-refractivity contribution in [1.29, 1.82) is 0 Å². The van der Waals surface area contributed by atoms with Crippen LogP contribution >= 0.6 is 0 Å². The number of benzene rings is 1. The van der Waals surface area contributed by atoms with Crippen LogP contribution in [-0.2, 0) is 6.54 Å². The molecule has 0 atom stereocenters. The predicted octanol–water partition coefficient (Wildman–Crippen LogP) is 3.55. The molecule has 0 fully saturated rings. The summed E-state index contributed by atoms with van der Waals surface area (Å²) in [6.07, 6.45) is 6.25. The van der Waals surface area contributed by atoms with Crippen molar-refractivity contribution in [2.75, 3.05) is 5.32 Å². The van der Waals surface area contributed by atoms with Crippen molar-refractivity contribution in [3.8, 4) is 11.6 Å². The molecular weight excluding hydrogens is 302 g/mol. The molecule has 116 valence electrons. The molecule has 0 unspecified atom stereocenters. The van der Waals surface area contributed by atoms with E-state index < -0.39 is 11.6 Å². The average molecular weight is 314 g/mol. The van der Waals surface area contributed by atoms with Gasteiger partial charge >= 0.3 is 0 Å². The lowest BCUT2D eigenvalue weighted by Gasteiger charge is -2.11. The standard InChI is InChI=1S/C16H12F2N4O/c17-12-3-4-14(13(18)8-12)23-16-11(2-1-5-21-16)9-22-15-10-19-6-7-20-15/h1-8,10H,9H2,(H,20,22). The Morgan fingerprint density at radius 2 is 1.96 bits per heavy atom. The molecule has 0 bridgehead atoms. The van der Waals surface area contributed by atoms with E-state index in [1.807, 2.05) is 0 Å². The van der Waals surface area contributed by atoms with Crippen LogP contribution in [0.25, 0.3) is 0 Å². The Bertz CT molecular complexity index is 799. The van der Waals surface area contributed by atoms with E-state index in [0.29, 0.717) is 17.9 Å². The quantitative estimate of drug-likeness (QED) is 0.780. The van der Waals surface area contributed by atoms with Gasteiger partial charge in [0.1, 0.15) is 11.6 Å². The molecule has 1 N–H and O–H groups in total. The lowest BCUT2D eigenvalue weighted by Crippen LogP contribution is -2.04. The van der Waals surface area contributed by atoms with Gasteiger partial charge in [0.25, 0.3) is 0 Å². The minimum atomic E-state index is -0.788. The number of aromatic nitrogens is 3. The highest BCUT2D eigenvalue weighted by molar-refractivity contribution is 5.37. The van der Waals surface area contributed by atoms with Crippen LogP contribution in [0.4, 0.5) is 14.6 Å². The molecule has 1 aromatic carbocycles. The molecule has 0 amide bonds. The fourth-order valence-corrected chi connectivity index (χ4v) is 1.89. The van der Waals surface area contributed by atoms with Crippen LogP contribution in [0.2, 0.25) is 0 Å². The second kappa shape index (κ2) is 6.78. The number of hydrogen-bond donors (Lipinski definition) is 1. The molecule has 2 heterocycles. The molecule has 0 aliphatic rings. The van der Waals surface area contributed by atoms with Gasteiger partial charge in [0.05, 0.1) is 6.20 Å². The highest BCUT2D eigenvalue weighted by atomic mass is 19.1. The molecular formula is C16H12F2N4O. The summed E-state index contributed by atoms with van der Waals surface area (Å²) < 4.78 is 32.1. The van der Waals surface area contributed by atoms with Crippen LogP contribution in [0.15, 0.2) is 55.1 Å². The monoisotopic (exact) mass is 314 g/mol. The van der Waals surface area contributed by atoms with E-state index in [2.05, 4.69) is 20.3 Å². The number of rotatable bonds is 5. The molecule has 0 spiro atoms. The van der Waals surface area contributed by atoms with E-state index in [0.717, 1.165) is 12.1 Å². The third kappa shape index (κ3) is 3.76. The van der Waals surface area contributed by atoms with Crippen molar-refractivity contribution in [3.63, 3.8) is 0 Å². The van der Waals surface area contributed by atoms with Gasteiger partial charge < -0.3 is 10.1 Å². The van der Waals surface area contributed by atoms with Gasteiger partial charge in [0, 0.05) is 36.8 Å². The second-order valence-corrected chi connectivity index (χ2v) is 4.59. The summed E-state index contributed by atoms with van der Waals surface area (Å²) >= 11 is 0. The van der Waals surface area contributed by atoms with Crippen LogP contribution in [0.1, 0.15) is 5.56 Å². The Balaban J connectivity index is 1.77. The number of hydrogen-bond acceptors (Lipinski definition) is 5. The SMILES string of the molecule is Fc1ccc(Oc2ncccc2CNc2cnccn2)c(F)c1. The van der Waals surface area contributed by atoms with Gasteiger partial charge in [-0.05, 0) is 18.2 Å². The maximum Gasteiger partial charge on any atom is 0.224 e. The minimum Gasteiger partial charge on any atom is -0.436 e. The Morgan fingerprint density at radius 1 is 1.04 bits per heavy atom. The van der Waals surface area contributed by atoms with Crippen molar-refractivity contribution in [2.24, 2.45) is 0 Å². The molecule has 0 aliphatic carbocycles. The molecule has 0 saturated carbocycles. The van der Waals surface area contributed by atoms with Crippen LogP contribution in [-0.4, -0.2) is 15.0 Å². The van der Waals surface area contributed by atoms with Gasteiger partial charge in [-0.25, -0.2) is 18.7 Å². The molecule has 3 aromatic rings. The van der Waals surface area contributed by atoms with Crippen molar-refractivity contribution in [1.82, 2.24) is 15.0 Å². The van der Waals surface area contributed by atoms with E-state index in [4.69, 9.17) is 4.74 Å². The molecule has 2 aromatic heterocycles. The summed E-state index contributed by atoms with van der Waals surface area (Å²) in [6, 6.07) is 6.63. The summed E-state index contributed by atoms with van der Waals surface area (Å²) in [7, 11) is 0. The zero-order chi connectivity index (χ0) is 16.1. The van der Waals surface area contributed by atoms with Crippen molar-refractivity contribution < 1.29 is 13.5 Å². The summed E-state index contributed by atoms with van der Waals surface area (Å²) in [5.74, 6) is -0.723. The number of anilines is 1. The Labute approximate surface area is 131 Å². The molecule has 0 aliphatic heterocycles. The number of pyridine rings is 1. The molecule has 0 radical (unpaired) electrons. The van der Waals surface area contributed by atoms with Gasteiger partial charge in [0.15, 0.2) is 11.6 Å². The number of nitrogens with one attached hydrogen (secondary N) is 1. The van der Waals surface area contributed by atoms with Gasteiger partial charge in [-0.2, -0.15) is 0 Å². The fraction of sp³-hybridized carbons (Fsp3) is 0.0625. The largest absolute Gasteiger partial charge is 0.436 e. The first-order valence-electron chi connectivity index (χ1n) is 6.79. The first-order valence-corrected chi connectivity index (χ1v) is 6.79. The lowest BCUT2D eigenvalue weighted by molar-refractivity contribution is 0.419. The van der Waals surface area contributed by atoms with Gasteiger partial charge in [-0.15, -0.1) is 0 Å². The Hall–Kier alpha value is -3.09. The molecule has 0 saturated heterocycles. The summed E-state index contributed by atoms with van der Waals surface area (Å²) in [5.41, 5.74) is 0.696. The van der Waals surface area contributed by atoms with E-state index in [1.165, 1.54) is 12.3 Å². The van der Waals surface area contributed by atoms with Crippen molar-refractivity contribution in [2.45, 2.75) is 6.54 Å². The van der Waals surface area contributed by atoms with Gasteiger partial charge in [0.2, 0.25) is 5.88 Å². The summed E-state index contributed by atoms with van der Waals surface area (Å²) in [5, 5.41) is 3.06. The van der Waals surface area contributed by atoms with Gasteiger partial charge in [-0.3, -0.25) is 4.98 Å². The highest BCUT2D eigenvalue weighted by Crippen LogP contribution is 2.26. The topological polar surface area (TPSA) is 59.9 Å². The normalized spacial score (nSPS) is 10.3. The van der Waals surface area contributed by atoms with Gasteiger partial charge in [-0.1, -0.05) is 6.07 Å². The number of nitrogens with zero attached hydrogens (tertiary/aromatic N) is 3. The van der Waals surface area contributed by atoms with Crippen LogP contribution in [0.5, 0.6) is 11.6 Å². The smallest absolute Gasteiger partial charge is 0.224 e. The zero-order valence-corrected chi connectivity index (χ0v) is 11.9.